The number of aliphatic hydroxyl groups is 4. The van der Waals surface area contributed by atoms with E-state index in [1.54, 1.807) is 0 Å². The molecular formula is C27H49NO11. The van der Waals surface area contributed by atoms with Crippen molar-refractivity contribution in [2.24, 2.45) is 11.8 Å². The predicted molar refractivity (Wildman–Crippen MR) is 140 cm³/mol. The molecule has 0 aliphatic carbocycles. The highest BCUT2D eigenvalue weighted by atomic mass is 16.7. The number of nitrogens with one attached hydrogen (secondary N) is 1. The second kappa shape index (κ2) is 16.2. The van der Waals surface area contributed by atoms with E-state index in [4.69, 9.17) is 18.9 Å². The quantitative estimate of drug-likeness (QED) is 0.164. The number of amides is 1. The molecule has 2 saturated heterocycles. The molecule has 0 radical (unpaired) electrons. The summed E-state index contributed by atoms with van der Waals surface area (Å²) in [6.45, 7) is 9.04. The summed E-state index contributed by atoms with van der Waals surface area (Å²) in [6, 6.07) is -0.898. The highest BCUT2D eigenvalue weighted by Crippen LogP contribution is 2.33. The maximum Gasteiger partial charge on any atom is 0.335 e. The largest absolute Gasteiger partial charge is 0.479 e. The Morgan fingerprint density at radius 3 is 2.05 bits per heavy atom. The van der Waals surface area contributed by atoms with Crippen LogP contribution in [0.5, 0.6) is 0 Å². The van der Waals surface area contributed by atoms with Crippen LogP contribution in [0.3, 0.4) is 0 Å². The molecule has 0 saturated carbocycles. The number of aliphatic carboxylic acids is 1. The number of hydrogen-bond acceptors (Lipinski definition) is 10. The van der Waals surface area contributed by atoms with E-state index in [2.05, 4.69) is 5.32 Å². The van der Waals surface area contributed by atoms with Gasteiger partial charge in [-0.2, -0.15) is 0 Å². The minimum absolute atomic E-state index is 0.154. The van der Waals surface area contributed by atoms with Crippen molar-refractivity contribution in [1.29, 1.82) is 0 Å². The van der Waals surface area contributed by atoms with Crippen LogP contribution in [-0.2, 0) is 28.5 Å². The van der Waals surface area contributed by atoms with Gasteiger partial charge in [-0.15, -0.1) is 0 Å². The van der Waals surface area contributed by atoms with Gasteiger partial charge in [0, 0.05) is 6.92 Å². The maximum atomic E-state index is 12.1. The standard InChI is InChI=1S/C27H49NO11/c1-6-10-16(9-4)13-36-24-21(32)22(33)27(39-25(24)26(34)35)38-23-19(28-14(5)30)17(11-15(7-2)8-3)37-18(12-29)20(23)31/h15-25,27,29,31-33H,6-13H2,1-5H3,(H,28,30)(H,34,35)/t16?,17-,18?,19?,20?,21?,22?,23?,24?,25?,27?/m1/s1. The lowest BCUT2D eigenvalue weighted by Gasteiger charge is -2.48. The Morgan fingerprint density at radius 1 is 0.897 bits per heavy atom. The number of hydrogen-bond donors (Lipinski definition) is 6. The highest BCUT2D eigenvalue weighted by Gasteiger charge is 2.53. The van der Waals surface area contributed by atoms with Crippen LogP contribution < -0.4 is 5.32 Å². The molecular weight excluding hydrogens is 514 g/mol. The van der Waals surface area contributed by atoms with Crippen LogP contribution >= 0.6 is 0 Å². The lowest BCUT2D eigenvalue weighted by atomic mass is 9.85. The Labute approximate surface area is 231 Å². The third-order valence-electron chi connectivity index (χ3n) is 7.97. The SMILES string of the molecule is CCCC(CC)COC1C(C(=O)O)OC(OC2C(O)C(CO)O[C@H](CC(CC)CC)C2NC(C)=O)C(O)C1O. The van der Waals surface area contributed by atoms with Gasteiger partial charge in [-0.1, -0.05) is 53.4 Å². The minimum Gasteiger partial charge on any atom is -0.479 e. The van der Waals surface area contributed by atoms with Crippen LogP contribution in [0.1, 0.15) is 73.1 Å². The van der Waals surface area contributed by atoms with E-state index in [1.807, 2.05) is 27.7 Å². The van der Waals surface area contributed by atoms with Crippen LogP contribution in [0.2, 0.25) is 0 Å². The molecule has 10 unspecified atom stereocenters. The molecule has 228 valence electrons. The molecule has 2 aliphatic rings. The second-order valence-electron chi connectivity index (χ2n) is 10.7. The van der Waals surface area contributed by atoms with Gasteiger partial charge < -0.3 is 49.8 Å². The first-order chi connectivity index (χ1) is 18.5. The maximum absolute atomic E-state index is 12.1. The van der Waals surface area contributed by atoms with Gasteiger partial charge in [-0.3, -0.25) is 4.79 Å². The van der Waals surface area contributed by atoms with Crippen molar-refractivity contribution in [3.8, 4) is 0 Å². The first kappa shape index (κ1) is 33.8. The summed E-state index contributed by atoms with van der Waals surface area (Å²) in [7, 11) is 0. The molecule has 2 heterocycles. The summed E-state index contributed by atoms with van der Waals surface area (Å²) in [4.78, 5) is 24.2. The third-order valence-corrected chi connectivity index (χ3v) is 7.97. The highest BCUT2D eigenvalue weighted by molar-refractivity contribution is 5.74. The van der Waals surface area contributed by atoms with Crippen LogP contribution in [0.15, 0.2) is 0 Å². The summed E-state index contributed by atoms with van der Waals surface area (Å²) in [6.07, 6.45) is -7.66. The molecule has 2 aliphatic heterocycles. The van der Waals surface area contributed by atoms with Gasteiger partial charge in [-0.25, -0.2) is 4.79 Å². The van der Waals surface area contributed by atoms with Gasteiger partial charge in [0.1, 0.15) is 36.6 Å². The Balaban J connectivity index is 2.30. The van der Waals surface area contributed by atoms with Crippen molar-refractivity contribution in [1.82, 2.24) is 5.32 Å². The van der Waals surface area contributed by atoms with E-state index >= 15 is 0 Å². The Kier molecular flexibility index (Phi) is 14.0. The summed E-state index contributed by atoms with van der Waals surface area (Å²) in [5.74, 6) is -1.44. The molecule has 11 atom stereocenters. The van der Waals surface area contributed by atoms with Crippen molar-refractivity contribution >= 4 is 11.9 Å². The molecule has 6 N–H and O–H groups in total. The van der Waals surface area contributed by atoms with Gasteiger partial charge in [0.05, 0.1) is 25.4 Å². The molecule has 1 amide bonds. The lowest BCUT2D eigenvalue weighted by molar-refractivity contribution is -0.331. The van der Waals surface area contributed by atoms with Crippen LogP contribution in [0.25, 0.3) is 0 Å². The van der Waals surface area contributed by atoms with Crippen molar-refractivity contribution in [2.45, 2.75) is 134 Å². The second-order valence-corrected chi connectivity index (χ2v) is 10.7. The topological polar surface area (TPSA) is 184 Å². The number of ether oxygens (including phenoxy) is 4. The minimum atomic E-state index is -1.71. The van der Waals surface area contributed by atoms with Gasteiger partial charge in [-0.05, 0) is 24.7 Å². The molecule has 0 bridgehead atoms. The van der Waals surface area contributed by atoms with Crippen molar-refractivity contribution in [2.75, 3.05) is 13.2 Å². The van der Waals surface area contributed by atoms with E-state index in [1.165, 1.54) is 6.92 Å². The number of carboxylic acid groups (broad SMARTS) is 1. The van der Waals surface area contributed by atoms with Crippen LogP contribution in [0.4, 0.5) is 0 Å². The average Bonchev–Trinajstić information content (AvgIpc) is 2.90. The van der Waals surface area contributed by atoms with E-state index in [0.29, 0.717) is 6.42 Å². The summed E-state index contributed by atoms with van der Waals surface area (Å²) in [5, 5.41) is 55.3. The molecule has 12 heteroatoms. The van der Waals surface area contributed by atoms with E-state index in [-0.39, 0.29) is 18.4 Å². The first-order valence-corrected chi connectivity index (χ1v) is 14.2. The molecule has 39 heavy (non-hydrogen) atoms. The summed E-state index contributed by atoms with van der Waals surface area (Å²) in [5.41, 5.74) is 0. The molecule has 0 aromatic rings. The fourth-order valence-corrected chi connectivity index (χ4v) is 5.45. The molecule has 0 aromatic heterocycles. The zero-order chi connectivity index (χ0) is 29.3. The third kappa shape index (κ3) is 8.80. The van der Waals surface area contributed by atoms with E-state index in [9.17, 15) is 35.1 Å². The Morgan fingerprint density at radius 2 is 1.54 bits per heavy atom. The van der Waals surface area contributed by atoms with Gasteiger partial charge in [0.25, 0.3) is 0 Å². The van der Waals surface area contributed by atoms with Gasteiger partial charge in [0.2, 0.25) is 5.91 Å². The lowest BCUT2D eigenvalue weighted by Crippen LogP contribution is -2.68. The van der Waals surface area contributed by atoms with Crippen molar-refractivity contribution in [3.63, 3.8) is 0 Å². The number of carbonyl (C=O) groups is 2. The van der Waals surface area contributed by atoms with Crippen molar-refractivity contribution in [3.05, 3.63) is 0 Å². The van der Waals surface area contributed by atoms with E-state index < -0.39 is 79.6 Å². The normalized spacial score (nSPS) is 36.1. The molecule has 2 rings (SSSR count). The smallest absolute Gasteiger partial charge is 0.335 e. The number of carbonyl (C=O) groups excluding carboxylic acids is 1. The average molecular weight is 564 g/mol. The molecule has 2 fully saturated rings. The number of rotatable bonds is 15. The van der Waals surface area contributed by atoms with Crippen molar-refractivity contribution < 1.29 is 54.1 Å². The first-order valence-electron chi connectivity index (χ1n) is 14.2. The van der Waals surface area contributed by atoms with Gasteiger partial charge in [0.15, 0.2) is 12.4 Å². The monoisotopic (exact) mass is 563 g/mol. The Hall–Kier alpha value is -1.38. The van der Waals surface area contributed by atoms with E-state index in [0.717, 1.165) is 32.1 Å². The number of aliphatic hydroxyl groups excluding tert-OH is 4. The summed E-state index contributed by atoms with van der Waals surface area (Å²) < 4.78 is 23.3. The summed E-state index contributed by atoms with van der Waals surface area (Å²) >= 11 is 0. The van der Waals surface area contributed by atoms with Crippen LogP contribution in [-0.4, -0.2) is 112 Å². The fraction of sp³-hybridized carbons (Fsp3) is 0.926. The molecule has 0 spiro atoms. The Bertz CT molecular complexity index is 749. The molecule has 12 nitrogen and oxygen atoms in total. The van der Waals surface area contributed by atoms with Crippen LogP contribution in [0, 0.1) is 11.8 Å². The zero-order valence-electron chi connectivity index (χ0n) is 23.8. The van der Waals surface area contributed by atoms with Gasteiger partial charge >= 0.3 is 5.97 Å². The number of carboxylic acids is 1. The zero-order valence-corrected chi connectivity index (χ0v) is 23.8. The molecule has 0 aromatic carbocycles. The predicted octanol–water partition coefficient (Wildman–Crippen LogP) is 0.566. The fourth-order valence-electron chi connectivity index (χ4n) is 5.45.